The van der Waals surface area contributed by atoms with Gasteiger partial charge in [-0.15, -0.1) is 11.3 Å². The lowest BCUT2D eigenvalue weighted by Crippen LogP contribution is -1.96. The molecule has 0 amide bonds. The smallest absolute Gasteiger partial charge is 0.257 e. The zero-order valence-corrected chi connectivity index (χ0v) is 11.9. The lowest BCUT2D eigenvalue weighted by molar-refractivity contribution is 0.423. The fraction of sp³-hybridized carbons (Fsp3) is 0.214. The van der Waals surface area contributed by atoms with Crippen LogP contribution in [0.5, 0.6) is 0 Å². The summed E-state index contributed by atoms with van der Waals surface area (Å²) < 4.78 is 5.30. The van der Waals surface area contributed by atoms with E-state index in [1.165, 1.54) is 0 Å². The fourth-order valence-corrected chi connectivity index (χ4v) is 2.54. The van der Waals surface area contributed by atoms with Crippen molar-refractivity contribution in [2.24, 2.45) is 5.73 Å². The molecule has 3 rings (SSSR count). The van der Waals surface area contributed by atoms with Crippen molar-refractivity contribution in [3.63, 3.8) is 0 Å². The van der Waals surface area contributed by atoms with E-state index in [0.717, 1.165) is 21.8 Å². The highest BCUT2D eigenvalue weighted by molar-refractivity contribution is 7.09. The lowest BCUT2D eigenvalue weighted by atomic mass is 10.1. The van der Waals surface area contributed by atoms with E-state index in [4.69, 9.17) is 10.3 Å². The number of hydrogen-bond donors (Lipinski definition) is 1. The van der Waals surface area contributed by atoms with Gasteiger partial charge < -0.3 is 10.3 Å². The summed E-state index contributed by atoms with van der Waals surface area (Å²) >= 11 is 1.62. The van der Waals surface area contributed by atoms with E-state index < -0.39 is 0 Å². The molecule has 6 heteroatoms. The second kappa shape index (κ2) is 5.52. The molecule has 0 saturated carbocycles. The van der Waals surface area contributed by atoms with Crippen molar-refractivity contribution in [3.8, 4) is 11.5 Å². The molecule has 0 bridgehead atoms. The largest absolute Gasteiger partial charge is 0.334 e. The summed E-state index contributed by atoms with van der Waals surface area (Å²) in [6, 6.07) is 7.80. The third-order valence-corrected chi connectivity index (χ3v) is 3.71. The molecule has 0 saturated heterocycles. The minimum Gasteiger partial charge on any atom is -0.334 e. The first-order chi connectivity index (χ1) is 9.74. The average molecular weight is 286 g/mol. The Morgan fingerprint density at radius 2 is 2.20 bits per heavy atom. The first kappa shape index (κ1) is 13.0. The third kappa shape index (κ3) is 2.76. The standard InChI is InChI=1S/C14H14N4OS/c1-9-16-12(8-20-9)6-13-17-14(19-18-13)11-4-2-3-10(5-11)7-15/h2-5,8H,6-7,15H2,1H3. The van der Waals surface area contributed by atoms with Gasteiger partial charge in [-0.05, 0) is 24.6 Å². The van der Waals surface area contributed by atoms with Crippen LogP contribution in [-0.4, -0.2) is 15.1 Å². The van der Waals surface area contributed by atoms with E-state index >= 15 is 0 Å². The molecule has 0 unspecified atom stereocenters. The van der Waals surface area contributed by atoms with Crippen LogP contribution in [0.15, 0.2) is 34.2 Å². The number of nitrogens with two attached hydrogens (primary N) is 1. The zero-order chi connectivity index (χ0) is 13.9. The van der Waals surface area contributed by atoms with Crippen LogP contribution < -0.4 is 5.73 Å². The number of aryl methyl sites for hydroxylation is 1. The Morgan fingerprint density at radius 3 is 2.95 bits per heavy atom. The summed E-state index contributed by atoms with van der Waals surface area (Å²) in [4.78, 5) is 8.80. The molecule has 5 nitrogen and oxygen atoms in total. The van der Waals surface area contributed by atoms with Gasteiger partial charge in [-0.3, -0.25) is 0 Å². The fourth-order valence-electron chi connectivity index (χ4n) is 1.93. The van der Waals surface area contributed by atoms with Crippen molar-refractivity contribution >= 4 is 11.3 Å². The Balaban J connectivity index is 1.82. The number of thiazole rings is 1. The zero-order valence-electron chi connectivity index (χ0n) is 11.0. The van der Waals surface area contributed by atoms with E-state index in [9.17, 15) is 0 Å². The minimum absolute atomic E-state index is 0.493. The maximum atomic E-state index is 5.63. The summed E-state index contributed by atoms with van der Waals surface area (Å²) in [6.45, 7) is 2.47. The molecule has 2 heterocycles. The molecule has 20 heavy (non-hydrogen) atoms. The normalized spacial score (nSPS) is 10.9. The predicted octanol–water partition coefficient (Wildman–Crippen LogP) is 2.55. The Kier molecular flexibility index (Phi) is 3.58. The van der Waals surface area contributed by atoms with Crippen LogP contribution in [0.1, 0.15) is 22.1 Å². The van der Waals surface area contributed by atoms with E-state index in [-0.39, 0.29) is 0 Å². The van der Waals surface area contributed by atoms with Gasteiger partial charge in [0.05, 0.1) is 17.1 Å². The third-order valence-electron chi connectivity index (χ3n) is 2.88. The van der Waals surface area contributed by atoms with Gasteiger partial charge >= 0.3 is 0 Å². The van der Waals surface area contributed by atoms with Crippen molar-refractivity contribution in [3.05, 3.63) is 51.7 Å². The second-order valence-corrected chi connectivity index (χ2v) is 5.52. The molecule has 0 fully saturated rings. The maximum absolute atomic E-state index is 5.63. The van der Waals surface area contributed by atoms with Crippen molar-refractivity contribution in [2.45, 2.75) is 19.9 Å². The summed E-state index contributed by atoms with van der Waals surface area (Å²) in [7, 11) is 0. The van der Waals surface area contributed by atoms with Crippen LogP contribution in [0.25, 0.3) is 11.5 Å². The Hall–Kier alpha value is -2.05. The van der Waals surface area contributed by atoms with Gasteiger partial charge in [0.25, 0.3) is 5.89 Å². The average Bonchev–Trinajstić information content (AvgIpc) is 3.09. The Morgan fingerprint density at radius 1 is 1.30 bits per heavy atom. The molecule has 2 N–H and O–H groups in total. The highest BCUT2D eigenvalue weighted by Gasteiger charge is 2.11. The SMILES string of the molecule is Cc1nc(Cc2noc(-c3cccc(CN)c3)n2)cs1. The molecule has 0 radical (unpaired) electrons. The summed E-state index contributed by atoms with van der Waals surface area (Å²) in [5.74, 6) is 1.16. The van der Waals surface area contributed by atoms with Crippen LogP contribution in [0, 0.1) is 6.92 Å². The predicted molar refractivity (Wildman–Crippen MR) is 77.3 cm³/mol. The number of hydrogen-bond acceptors (Lipinski definition) is 6. The highest BCUT2D eigenvalue weighted by atomic mass is 32.1. The Bertz CT molecular complexity index is 719. The molecular weight excluding hydrogens is 272 g/mol. The van der Waals surface area contributed by atoms with E-state index in [2.05, 4.69) is 15.1 Å². The molecule has 102 valence electrons. The van der Waals surface area contributed by atoms with Crippen molar-refractivity contribution < 1.29 is 4.52 Å². The number of benzene rings is 1. The molecule has 0 atom stereocenters. The Labute approximate surface area is 120 Å². The van der Waals surface area contributed by atoms with Gasteiger partial charge in [-0.1, -0.05) is 17.3 Å². The van der Waals surface area contributed by atoms with E-state index in [1.54, 1.807) is 11.3 Å². The summed E-state index contributed by atoms with van der Waals surface area (Å²) in [5.41, 5.74) is 8.53. The molecular formula is C14H14N4OS. The van der Waals surface area contributed by atoms with E-state index in [0.29, 0.717) is 24.7 Å². The second-order valence-electron chi connectivity index (χ2n) is 4.45. The molecule has 0 spiro atoms. The molecule has 2 aromatic heterocycles. The number of aromatic nitrogens is 3. The number of nitrogens with zero attached hydrogens (tertiary/aromatic N) is 3. The summed E-state index contributed by atoms with van der Waals surface area (Å²) in [6.07, 6.45) is 0.588. The van der Waals surface area contributed by atoms with Gasteiger partial charge in [-0.25, -0.2) is 4.98 Å². The van der Waals surface area contributed by atoms with Crippen LogP contribution in [-0.2, 0) is 13.0 Å². The van der Waals surface area contributed by atoms with E-state index in [1.807, 2.05) is 36.6 Å². The molecule has 1 aromatic carbocycles. The van der Waals surface area contributed by atoms with Crippen LogP contribution in [0.3, 0.4) is 0 Å². The highest BCUT2D eigenvalue weighted by Crippen LogP contribution is 2.19. The van der Waals surface area contributed by atoms with Gasteiger partial charge in [0.2, 0.25) is 0 Å². The monoisotopic (exact) mass is 286 g/mol. The first-order valence-electron chi connectivity index (χ1n) is 6.27. The molecule has 0 aliphatic rings. The van der Waals surface area contributed by atoms with Crippen molar-refractivity contribution in [1.29, 1.82) is 0 Å². The summed E-state index contributed by atoms with van der Waals surface area (Å²) in [5, 5.41) is 7.06. The van der Waals surface area contributed by atoms with Crippen LogP contribution in [0.2, 0.25) is 0 Å². The first-order valence-corrected chi connectivity index (χ1v) is 7.15. The van der Waals surface area contributed by atoms with Gasteiger partial charge in [0.1, 0.15) is 0 Å². The number of rotatable bonds is 4. The molecule has 3 aromatic rings. The van der Waals surface area contributed by atoms with Gasteiger partial charge in [-0.2, -0.15) is 4.98 Å². The van der Waals surface area contributed by atoms with Crippen LogP contribution >= 0.6 is 11.3 Å². The quantitative estimate of drug-likeness (QED) is 0.797. The van der Waals surface area contributed by atoms with Crippen molar-refractivity contribution in [2.75, 3.05) is 0 Å². The topological polar surface area (TPSA) is 77.8 Å². The van der Waals surface area contributed by atoms with Crippen LogP contribution in [0.4, 0.5) is 0 Å². The van der Waals surface area contributed by atoms with Crippen molar-refractivity contribution in [1.82, 2.24) is 15.1 Å². The van der Waals surface area contributed by atoms with Gasteiger partial charge in [0.15, 0.2) is 5.82 Å². The lowest BCUT2D eigenvalue weighted by Gasteiger charge is -1.98. The molecule has 0 aliphatic heterocycles. The molecule has 0 aliphatic carbocycles. The van der Waals surface area contributed by atoms with Gasteiger partial charge in [0, 0.05) is 17.5 Å². The maximum Gasteiger partial charge on any atom is 0.257 e. The minimum atomic E-state index is 0.493.